The Hall–Kier alpha value is -2.48. The zero-order valence-electron chi connectivity index (χ0n) is 12.3. The molecule has 3 aromatic rings. The van der Waals surface area contributed by atoms with Crippen LogP contribution in [0.1, 0.15) is 34.1 Å². The molecule has 0 saturated carbocycles. The highest BCUT2D eigenvalue weighted by atomic mass is 16.1. The number of hydrogen-bond donors (Lipinski definition) is 0. The number of carbonyl (C=O) groups is 1. The summed E-state index contributed by atoms with van der Waals surface area (Å²) in [5, 5.41) is 0.910. The average Bonchev–Trinajstić information content (AvgIpc) is 2.53. The number of hydrogen-bond acceptors (Lipinski definition) is 2. The molecule has 0 aliphatic rings. The van der Waals surface area contributed by atoms with E-state index < -0.39 is 0 Å². The first-order valence-corrected chi connectivity index (χ1v) is 7.19. The Morgan fingerprint density at radius 1 is 1.05 bits per heavy atom. The molecule has 104 valence electrons. The van der Waals surface area contributed by atoms with Crippen LogP contribution in [0.2, 0.25) is 0 Å². The second-order valence-corrected chi connectivity index (χ2v) is 5.21. The Morgan fingerprint density at radius 2 is 1.76 bits per heavy atom. The highest BCUT2D eigenvalue weighted by molar-refractivity contribution is 6.16. The summed E-state index contributed by atoms with van der Waals surface area (Å²) in [6.07, 6.45) is 0.978. The van der Waals surface area contributed by atoms with Gasteiger partial charge in [-0.2, -0.15) is 0 Å². The molecule has 1 aromatic heterocycles. The third-order valence-electron chi connectivity index (χ3n) is 3.71. The van der Waals surface area contributed by atoms with E-state index in [-0.39, 0.29) is 5.78 Å². The van der Waals surface area contributed by atoms with E-state index in [0.717, 1.165) is 34.1 Å². The number of rotatable bonds is 3. The number of nitrogens with zero attached hydrogens (tertiary/aromatic N) is 1. The lowest BCUT2D eigenvalue weighted by molar-refractivity contribution is 0.104. The van der Waals surface area contributed by atoms with Crippen LogP contribution in [0.5, 0.6) is 0 Å². The smallest absolute Gasteiger partial charge is 0.193 e. The lowest BCUT2D eigenvalue weighted by atomic mass is 9.98. The minimum absolute atomic E-state index is 0.0550. The van der Waals surface area contributed by atoms with Gasteiger partial charge in [-0.3, -0.25) is 9.78 Å². The molecule has 2 heteroatoms. The lowest BCUT2D eigenvalue weighted by Gasteiger charge is -2.07. The van der Waals surface area contributed by atoms with Crippen molar-refractivity contribution in [3.8, 4) is 0 Å². The topological polar surface area (TPSA) is 30.0 Å². The molecule has 0 atom stereocenters. The van der Waals surface area contributed by atoms with Crippen molar-refractivity contribution in [2.24, 2.45) is 0 Å². The van der Waals surface area contributed by atoms with Gasteiger partial charge >= 0.3 is 0 Å². The van der Waals surface area contributed by atoms with Crippen LogP contribution < -0.4 is 0 Å². The highest BCUT2D eigenvalue weighted by Gasteiger charge is 2.13. The van der Waals surface area contributed by atoms with Gasteiger partial charge in [0.15, 0.2) is 5.78 Å². The molecule has 0 aliphatic carbocycles. The van der Waals surface area contributed by atoms with Gasteiger partial charge in [0.05, 0.1) is 5.52 Å². The first-order chi connectivity index (χ1) is 10.2. The minimum atomic E-state index is 0.0550. The summed E-state index contributed by atoms with van der Waals surface area (Å²) in [6.45, 7) is 4.03. The van der Waals surface area contributed by atoms with E-state index in [9.17, 15) is 4.79 Å². The number of ketones is 1. The van der Waals surface area contributed by atoms with E-state index >= 15 is 0 Å². The summed E-state index contributed by atoms with van der Waals surface area (Å²) in [5.41, 5.74) is 4.42. The number of para-hydroxylation sites is 1. The fourth-order valence-electron chi connectivity index (χ4n) is 2.54. The van der Waals surface area contributed by atoms with Crippen molar-refractivity contribution in [1.29, 1.82) is 0 Å². The van der Waals surface area contributed by atoms with Crippen molar-refractivity contribution in [2.75, 3.05) is 0 Å². The summed E-state index contributed by atoms with van der Waals surface area (Å²) < 4.78 is 0. The van der Waals surface area contributed by atoms with Crippen molar-refractivity contribution in [2.45, 2.75) is 20.3 Å². The average molecular weight is 275 g/mol. The van der Waals surface area contributed by atoms with Crippen LogP contribution >= 0.6 is 0 Å². The maximum atomic E-state index is 12.8. The van der Waals surface area contributed by atoms with E-state index in [1.54, 1.807) is 0 Å². The van der Waals surface area contributed by atoms with Crippen LogP contribution in [0, 0.1) is 6.92 Å². The molecule has 0 bridgehead atoms. The standard InChI is InChI=1S/C19H17NO/c1-3-14-8-10-15(11-9-14)19(21)17-12-13(2)20-18-7-5-4-6-16(17)18/h4-12H,3H2,1-2H3. The third kappa shape index (κ3) is 2.57. The number of carbonyl (C=O) groups excluding carboxylic acids is 1. The van der Waals surface area contributed by atoms with Crippen molar-refractivity contribution in [3.05, 3.63) is 77.0 Å². The summed E-state index contributed by atoms with van der Waals surface area (Å²) in [4.78, 5) is 17.3. The molecule has 0 unspecified atom stereocenters. The SMILES string of the molecule is CCc1ccc(C(=O)c2cc(C)nc3ccccc23)cc1. The van der Waals surface area contributed by atoms with Crippen LogP contribution in [-0.4, -0.2) is 10.8 Å². The van der Waals surface area contributed by atoms with E-state index in [1.807, 2.05) is 61.5 Å². The Kier molecular flexibility index (Phi) is 3.53. The first kappa shape index (κ1) is 13.5. The molecule has 3 rings (SSSR count). The molecule has 0 N–H and O–H groups in total. The van der Waals surface area contributed by atoms with Crippen LogP contribution in [0.4, 0.5) is 0 Å². The van der Waals surface area contributed by atoms with Crippen LogP contribution in [-0.2, 0) is 6.42 Å². The molecule has 0 saturated heterocycles. The molecule has 2 aromatic carbocycles. The quantitative estimate of drug-likeness (QED) is 0.666. The van der Waals surface area contributed by atoms with Crippen molar-refractivity contribution in [3.63, 3.8) is 0 Å². The fourth-order valence-corrected chi connectivity index (χ4v) is 2.54. The molecular formula is C19H17NO. The van der Waals surface area contributed by atoms with Crippen molar-refractivity contribution in [1.82, 2.24) is 4.98 Å². The molecule has 21 heavy (non-hydrogen) atoms. The normalized spacial score (nSPS) is 10.8. The fraction of sp³-hybridized carbons (Fsp3) is 0.158. The van der Waals surface area contributed by atoms with Crippen LogP contribution in [0.25, 0.3) is 10.9 Å². The zero-order chi connectivity index (χ0) is 14.8. The van der Waals surface area contributed by atoms with Gasteiger partial charge in [-0.1, -0.05) is 49.4 Å². The number of pyridine rings is 1. The van der Waals surface area contributed by atoms with Gasteiger partial charge in [0.2, 0.25) is 0 Å². The van der Waals surface area contributed by atoms with Gasteiger partial charge in [-0.05, 0) is 31.0 Å². The summed E-state index contributed by atoms with van der Waals surface area (Å²) >= 11 is 0. The summed E-state index contributed by atoms with van der Waals surface area (Å²) in [6, 6.07) is 17.5. The summed E-state index contributed by atoms with van der Waals surface area (Å²) in [7, 11) is 0. The molecule has 0 aliphatic heterocycles. The predicted molar refractivity (Wildman–Crippen MR) is 85.7 cm³/mol. The Morgan fingerprint density at radius 3 is 2.48 bits per heavy atom. The molecular weight excluding hydrogens is 258 g/mol. The Labute approximate surface area is 124 Å². The monoisotopic (exact) mass is 275 g/mol. The van der Waals surface area contributed by atoms with Gasteiger partial charge in [-0.25, -0.2) is 0 Å². The zero-order valence-corrected chi connectivity index (χ0v) is 12.3. The predicted octanol–water partition coefficient (Wildman–Crippen LogP) is 4.34. The van der Waals surface area contributed by atoms with Gasteiger partial charge in [0.1, 0.15) is 0 Å². The van der Waals surface area contributed by atoms with Gasteiger partial charge < -0.3 is 0 Å². The lowest BCUT2D eigenvalue weighted by Crippen LogP contribution is -2.04. The van der Waals surface area contributed by atoms with Crippen molar-refractivity contribution < 1.29 is 4.79 Å². The highest BCUT2D eigenvalue weighted by Crippen LogP contribution is 2.21. The van der Waals surface area contributed by atoms with E-state index in [1.165, 1.54) is 5.56 Å². The van der Waals surface area contributed by atoms with Gasteiger partial charge in [-0.15, -0.1) is 0 Å². The molecule has 1 heterocycles. The summed E-state index contributed by atoms with van der Waals surface area (Å²) in [5.74, 6) is 0.0550. The van der Waals surface area contributed by atoms with Gasteiger partial charge in [0, 0.05) is 22.2 Å². The van der Waals surface area contributed by atoms with Crippen molar-refractivity contribution >= 4 is 16.7 Å². The first-order valence-electron chi connectivity index (χ1n) is 7.19. The second-order valence-electron chi connectivity index (χ2n) is 5.21. The van der Waals surface area contributed by atoms with E-state index in [4.69, 9.17) is 0 Å². The molecule has 2 nitrogen and oxygen atoms in total. The van der Waals surface area contributed by atoms with E-state index in [0.29, 0.717) is 0 Å². The van der Waals surface area contributed by atoms with Crippen LogP contribution in [0.15, 0.2) is 54.6 Å². The Bertz CT molecular complexity index is 803. The van der Waals surface area contributed by atoms with Crippen LogP contribution in [0.3, 0.4) is 0 Å². The number of benzene rings is 2. The molecule has 0 fully saturated rings. The number of aryl methyl sites for hydroxylation is 2. The minimum Gasteiger partial charge on any atom is -0.289 e. The molecule has 0 radical (unpaired) electrons. The second kappa shape index (κ2) is 5.49. The van der Waals surface area contributed by atoms with E-state index in [2.05, 4.69) is 11.9 Å². The largest absolute Gasteiger partial charge is 0.289 e. The molecule has 0 amide bonds. The Balaban J connectivity index is 2.12. The molecule has 0 spiro atoms. The number of fused-ring (bicyclic) bond motifs is 1. The maximum absolute atomic E-state index is 12.8. The third-order valence-corrected chi connectivity index (χ3v) is 3.71. The van der Waals surface area contributed by atoms with Gasteiger partial charge in [0.25, 0.3) is 0 Å². The number of aromatic nitrogens is 1. The maximum Gasteiger partial charge on any atom is 0.193 e.